The maximum absolute atomic E-state index is 13.0. The summed E-state index contributed by atoms with van der Waals surface area (Å²) in [5.74, 6) is 0.896. The summed E-state index contributed by atoms with van der Waals surface area (Å²) in [6.45, 7) is 11.7. The quantitative estimate of drug-likeness (QED) is 0.751. The standard InChI is InChI=1S/C21H35N3O/c1-5-18(6-2)16-24-14-12-21(13-15-24,20(25)22-17(3)4)23-19-10-8-7-9-11-19/h7-11,17-18,23H,5-6,12-16H2,1-4H3,(H,22,25). The summed E-state index contributed by atoms with van der Waals surface area (Å²) < 4.78 is 0. The molecule has 1 saturated heterocycles. The number of anilines is 1. The van der Waals surface area contributed by atoms with Gasteiger partial charge >= 0.3 is 0 Å². The van der Waals surface area contributed by atoms with Crippen LogP contribution >= 0.6 is 0 Å². The molecule has 2 rings (SSSR count). The highest BCUT2D eigenvalue weighted by Gasteiger charge is 2.41. The van der Waals surface area contributed by atoms with Crippen LogP contribution in [0.25, 0.3) is 0 Å². The van der Waals surface area contributed by atoms with Gasteiger partial charge in [0.1, 0.15) is 5.54 Å². The summed E-state index contributed by atoms with van der Waals surface area (Å²) >= 11 is 0. The molecule has 1 aromatic carbocycles. The van der Waals surface area contributed by atoms with Crippen LogP contribution in [0, 0.1) is 5.92 Å². The van der Waals surface area contributed by atoms with E-state index in [0.717, 1.165) is 44.1 Å². The summed E-state index contributed by atoms with van der Waals surface area (Å²) in [7, 11) is 0. The third-order valence-corrected chi connectivity index (χ3v) is 5.39. The summed E-state index contributed by atoms with van der Waals surface area (Å²) in [6, 6.07) is 10.3. The van der Waals surface area contributed by atoms with Crippen LogP contribution < -0.4 is 10.6 Å². The Balaban J connectivity index is 2.08. The summed E-state index contributed by atoms with van der Waals surface area (Å²) in [5.41, 5.74) is 0.519. The van der Waals surface area contributed by atoms with E-state index in [1.165, 1.54) is 12.8 Å². The SMILES string of the molecule is CCC(CC)CN1CCC(Nc2ccccc2)(C(=O)NC(C)C)CC1. The Hall–Kier alpha value is -1.55. The molecule has 4 nitrogen and oxygen atoms in total. The van der Waals surface area contributed by atoms with Gasteiger partial charge < -0.3 is 15.5 Å². The molecule has 1 amide bonds. The van der Waals surface area contributed by atoms with Gasteiger partial charge in [-0.2, -0.15) is 0 Å². The van der Waals surface area contributed by atoms with Crippen molar-refractivity contribution in [2.75, 3.05) is 25.0 Å². The van der Waals surface area contributed by atoms with E-state index < -0.39 is 5.54 Å². The molecule has 1 heterocycles. The summed E-state index contributed by atoms with van der Waals surface area (Å²) in [6.07, 6.45) is 4.16. The monoisotopic (exact) mass is 345 g/mol. The number of piperidine rings is 1. The van der Waals surface area contributed by atoms with E-state index in [0.29, 0.717) is 0 Å². The van der Waals surface area contributed by atoms with Crippen molar-refractivity contribution in [2.24, 2.45) is 5.92 Å². The normalized spacial score (nSPS) is 17.7. The lowest BCUT2D eigenvalue weighted by Crippen LogP contribution is -2.59. The lowest BCUT2D eigenvalue weighted by atomic mass is 9.85. The number of carbonyl (C=O) groups excluding carboxylic acids is 1. The second-order valence-electron chi connectivity index (χ2n) is 7.68. The largest absolute Gasteiger partial charge is 0.371 e. The topological polar surface area (TPSA) is 44.4 Å². The second-order valence-corrected chi connectivity index (χ2v) is 7.68. The molecule has 0 spiro atoms. The number of amides is 1. The highest BCUT2D eigenvalue weighted by atomic mass is 16.2. The lowest BCUT2D eigenvalue weighted by molar-refractivity contribution is -0.127. The van der Waals surface area contributed by atoms with Gasteiger partial charge in [-0.15, -0.1) is 0 Å². The molecule has 2 N–H and O–H groups in total. The highest BCUT2D eigenvalue weighted by Crippen LogP contribution is 2.28. The molecule has 25 heavy (non-hydrogen) atoms. The van der Waals surface area contributed by atoms with Crippen LogP contribution in [0.1, 0.15) is 53.4 Å². The van der Waals surface area contributed by atoms with E-state index in [2.05, 4.69) is 29.4 Å². The lowest BCUT2D eigenvalue weighted by Gasteiger charge is -2.43. The zero-order valence-corrected chi connectivity index (χ0v) is 16.3. The molecule has 0 aromatic heterocycles. The van der Waals surface area contributed by atoms with Crippen LogP contribution in [-0.4, -0.2) is 42.0 Å². The van der Waals surface area contributed by atoms with Crippen LogP contribution in [-0.2, 0) is 4.79 Å². The predicted molar refractivity (Wildman–Crippen MR) is 106 cm³/mol. The molecule has 0 atom stereocenters. The van der Waals surface area contributed by atoms with Gasteiger partial charge in [-0.05, 0) is 44.7 Å². The van der Waals surface area contributed by atoms with Gasteiger partial charge in [0.05, 0.1) is 0 Å². The summed E-state index contributed by atoms with van der Waals surface area (Å²) in [4.78, 5) is 15.5. The van der Waals surface area contributed by atoms with Crippen LogP contribution in [0.5, 0.6) is 0 Å². The molecular weight excluding hydrogens is 310 g/mol. The van der Waals surface area contributed by atoms with Crippen molar-refractivity contribution in [3.05, 3.63) is 30.3 Å². The molecule has 1 aliphatic rings. The maximum Gasteiger partial charge on any atom is 0.245 e. The number of carbonyl (C=O) groups is 1. The highest BCUT2D eigenvalue weighted by molar-refractivity contribution is 5.89. The van der Waals surface area contributed by atoms with E-state index in [9.17, 15) is 4.79 Å². The van der Waals surface area contributed by atoms with E-state index >= 15 is 0 Å². The minimum Gasteiger partial charge on any atom is -0.371 e. The number of benzene rings is 1. The van der Waals surface area contributed by atoms with Crippen LogP contribution in [0.3, 0.4) is 0 Å². The predicted octanol–water partition coefficient (Wildman–Crippen LogP) is 3.89. The molecular formula is C21H35N3O. The van der Waals surface area contributed by atoms with Crippen molar-refractivity contribution in [2.45, 2.75) is 65.0 Å². The zero-order chi connectivity index (χ0) is 18.3. The van der Waals surface area contributed by atoms with Crippen molar-refractivity contribution in [3.8, 4) is 0 Å². The van der Waals surface area contributed by atoms with E-state index in [4.69, 9.17) is 0 Å². The van der Waals surface area contributed by atoms with Crippen molar-refractivity contribution in [1.82, 2.24) is 10.2 Å². The van der Waals surface area contributed by atoms with Gasteiger partial charge in [-0.3, -0.25) is 4.79 Å². The molecule has 0 aliphatic carbocycles. The number of nitrogens with zero attached hydrogens (tertiary/aromatic N) is 1. The van der Waals surface area contributed by atoms with Gasteiger partial charge in [-0.25, -0.2) is 0 Å². The molecule has 4 heteroatoms. The Labute approximate surface area is 153 Å². The van der Waals surface area contributed by atoms with Crippen molar-refractivity contribution >= 4 is 11.6 Å². The Bertz CT molecular complexity index is 517. The Morgan fingerprint density at radius 1 is 1.12 bits per heavy atom. The van der Waals surface area contributed by atoms with Gasteiger partial charge in [0.15, 0.2) is 0 Å². The van der Waals surface area contributed by atoms with Gasteiger partial charge in [0.2, 0.25) is 5.91 Å². The number of hydrogen-bond donors (Lipinski definition) is 2. The molecule has 140 valence electrons. The molecule has 0 saturated carbocycles. The fraction of sp³-hybridized carbons (Fsp3) is 0.667. The average Bonchev–Trinajstić information content (AvgIpc) is 2.61. The molecule has 0 radical (unpaired) electrons. The number of likely N-dealkylation sites (tertiary alicyclic amines) is 1. The van der Waals surface area contributed by atoms with Crippen LogP contribution in [0.15, 0.2) is 30.3 Å². The molecule has 1 fully saturated rings. The number of rotatable bonds is 8. The fourth-order valence-electron chi connectivity index (χ4n) is 3.64. The minimum atomic E-state index is -0.504. The number of para-hydroxylation sites is 1. The third-order valence-electron chi connectivity index (χ3n) is 5.39. The first-order chi connectivity index (χ1) is 12.0. The Morgan fingerprint density at radius 2 is 1.72 bits per heavy atom. The first-order valence-electron chi connectivity index (χ1n) is 9.85. The Morgan fingerprint density at radius 3 is 2.24 bits per heavy atom. The average molecular weight is 346 g/mol. The molecule has 0 bridgehead atoms. The fourth-order valence-corrected chi connectivity index (χ4v) is 3.64. The second kappa shape index (κ2) is 9.23. The van der Waals surface area contributed by atoms with E-state index in [1.807, 2.05) is 44.2 Å². The van der Waals surface area contributed by atoms with E-state index in [-0.39, 0.29) is 11.9 Å². The maximum atomic E-state index is 13.0. The molecule has 0 unspecified atom stereocenters. The van der Waals surface area contributed by atoms with E-state index in [1.54, 1.807) is 0 Å². The van der Waals surface area contributed by atoms with Gasteiger partial charge in [-0.1, -0.05) is 44.9 Å². The van der Waals surface area contributed by atoms with Crippen LogP contribution in [0.4, 0.5) is 5.69 Å². The van der Waals surface area contributed by atoms with Crippen molar-refractivity contribution in [3.63, 3.8) is 0 Å². The molecule has 1 aliphatic heterocycles. The third kappa shape index (κ3) is 5.46. The first kappa shape index (κ1) is 19.8. The first-order valence-corrected chi connectivity index (χ1v) is 9.85. The number of nitrogens with one attached hydrogen (secondary N) is 2. The van der Waals surface area contributed by atoms with Gasteiger partial charge in [0, 0.05) is 31.4 Å². The smallest absolute Gasteiger partial charge is 0.245 e. The van der Waals surface area contributed by atoms with Gasteiger partial charge in [0.25, 0.3) is 0 Å². The number of hydrogen-bond acceptors (Lipinski definition) is 3. The van der Waals surface area contributed by atoms with Crippen molar-refractivity contribution in [1.29, 1.82) is 0 Å². The summed E-state index contributed by atoms with van der Waals surface area (Å²) in [5, 5.41) is 6.69. The minimum absolute atomic E-state index is 0.133. The Kier molecular flexibility index (Phi) is 7.30. The van der Waals surface area contributed by atoms with Crippen LogP contribution in [0.2, 0.25) is 0 Å². The zero-order valence-electron chi connectivity index (χ0n) is 16.3. The van der Waals surface area contributed by atoms with Crippen molar-refractivity contribution < 1.29 is 4.79 Å². The molecule has 1 aromatic rings.